The molecule has 80 valence electrons. The first-order valence-corrected chi connectivity index (χ1v) is 5.23. The smallest absolute Gasteiger partial charge is 0.224 e. The lowest BCUT2D eigenvalue weighted by molar-refractivity contribution is -0.119. The van der Waals surface area contributed by atoms with Crippen LogP contribution in [0.2, 0.25) is 0 Å². The molecular formula is C12H16N2O. The van der Waals surface area contributed by atoms with Crippen molar-refractivity contribution in [1.29, 1.82) is 0 Å². The second kappa shape index (κ2) is 3.66. The van der Waals surface area contributed by atoms with Crippen LogP contribution in [0.1, 0.15) is 24.0 Å². The molecule has 0 radical (unpaired) electrons. The highest BCUT2D eigenvalue weighted by Gasteiger charge is 2.39. The van der Waals surface area contributed by atoms with Gasteiger partial charge in [0.15, 0.2) is 0 Å². The molecule has 15 heavy (non-hydrogen) atoms. The summed E-state index contributed by atoms with van der Waals surface area (Å²) < 4.78 is 0. The van der Waals surface area contributed by atoms with E-state index in [1.165, 1.54) is 0 Å². The number of benzene rings is 1. The minimum absolute atomic E-state index is 0.0361. The van der Waals surface area contributed by atoms with E-state index in [-0.39, 0.29) is 11.4 Å². The van der Waals surface area contributed by atoms with Crippen LogP contribution >= 0.6 is 0 Å². The van der Waals surface area contributed by atoms with E-state index in [1.807, 2.05) is 24.3 Å². The zero-order valence-corrected chi connectivity index (χ0v) is 8.92. The summed E-state index contributed by atoms with van der Waals surface area (Å²) in [7, 11) is 1.65. The van der Waals surface area contributed by atoms with Gasteiger partial charge in [-0.2, -0.15) is 0 Å². The second-order valence-corrected chi connectivity index (χ2v) is 4.21. The number of likely N-dealkylation sites (N-methyl/N-ethyl adjacent to an activating group) is 1. The molecule has 3 nitrogen and oxygen atoms in total. The van der Waals surface area contributed by atoms with E-state index in [4.69, 9.17) is 5.73 Å². The number of nitrogens with two attached hydrogens (primary N) is 1. The number of carbonyl (C=O) groups is 1. The van der Waals surface area contributed by atoms with Gasteiger partial charge in [-0.25, -0.2) is 0 Å². The highest BCUT2D eigenvalue weighted by molar-refractivity contribution is 5.78. The predicted octanol–water partition coefficient (Wildman–Crippen LogP) is 0.923. The normalized spacial score (nSPS) is 17.2. The summed E-state index contributed by atoms with van der Waals surface area (Å²) >= 11 is 0. The Morgan fingerprint density at radius 3 is 2.87 bits per heavy atom. The Morgan fingerprint density at radius 2 is 2.27 bits per heavy atom. The fraction of sp³-hybridized carbons (Fsp3) is 0.417. The third-order valence-corrected chi connectivity index (χ3v) is 2.93. The van der Waals surface area contributed by atoms with Crippen molar-refractivity contribution in [3.8, 4) is 0 Å². The van der Waals surface area contributed by atoms with Gasteiger partial charge in [0.25, 0.3) is 0 Å². The summed E-state index contributed by atoms with van der Waals surface area (Å²) in [4.78, 5) is 11.2. The molecule has 1 aromatic rings. The Bertz CT molecular complexity index is 383. The number of amides is 1. The molecule has 0 atom stereocenters. The maximum atomic E-state index is 11.2. The van der Waals surface area contributed by atoms with Gasteiger partial charge in [0, 0.05) is 12.6 Å². The molecule has 1 aromatic carbocycles. The topological polar surface area (TPSA) is 55.1 Å². The predicted molar refractivity (Wildman–Crippen MR) is 59.3 cm³/mol. The molecule has 2 rings (SSSR count). The third kappa shape index (κ3) is 2.18. The van der Waals surface area contributed by atoms with Gasteiger partial charge >= 0.3 is 0 Å². The van der Waals surface area contributed by atoms with Crippen molar-refractivity contribution < 1.29 is 4.79 Å². The molecule has 0 aromatic heterocycles. The minimum atomic E-state index is -0.112. The third-order valence-electron chi connectivity index (χ3n) is 2.93. The summed E-state index contributed by atoms with van der Waals surface area (Å²) in [6, 6.07) is 8.02. The summed E-state index contributed by atoms with van der Waals surface area (Å²) in [6.07, 6.45) is 2.53. The van der Waals surface area contributed by atoms with Gasteiger partial charge < -0.3 is 11.1 Å². The monoisotopic (exact) mass is 204 g/mol. The Kier molecular flexibility index (Phi) is 2.49. The average molecular weight is 204 g/mol. The van der Waals surface area contributed by atoms with E-state index in [9.17, 15) is 4.79 Å². The number of hydrogen-bond donors (Lipinski definition) is 2. The van der Waals surface area contributed by atoms with Crippen LogP contribution in [0.4, 0.5) is 0 Å². The highest BCUT2D eigenvalue weighted by Crippen LogP contribution is 2.42. The van der Waals surface area contributed by atoms with Gasteiger partial charge in [-0.1, -0.05) is 24.3 Å². The summed E-state index contributed by atoms with van der Waals surface area (Å²) in [5, 5.41) is 2.62. The first-order valence-electron chi connectivity index (χ1n) is 5.23. The van der Waals surface area contributed by atoms with Gasteiger partial charge in [0.2, 0.25) is 5.91 Å². The maximum absolute atomic E-state index is 11.2. The molecule has 0 unspecified atom stereocenters. The van der Waals surface area contributed by atoms with E-state index in [1.54, 1.807) is 7.05 Å². The molecule has 0 saturated heterocycles. The maximum Gasteiger partial charge on any atom is 0.224 e. The van der Waals surface area contributed by atoms with Gasteiger partial charge in [-0.3, -0.25) is 4.79 Å². The SMILES string of the molecule is CNC(=O)Cc1cccc(C2(N)CC2)c1. The van der Waals surface area contributed by atoms with Crippen LogP contribution in [0.5, 0.6) is 0 Å². The fourth-order valence-electron chi connectivity index (χ4n) is 1.69. The molecule has 1 fully saturated rings. The molecule has 1 saturated carbocycles. The van der Waals surface area contributed by atoms with Crippen molar-refractivity contribution in [2.75, 3.05) is 7.05 Å². The molecule has 1 amide bonds. The molecule has 0 heterocycles. The average Bonchev–Trinajstić information content (AvgIpc) is 2.98. The summed E-state index contributed by atoms with van der Waals surface area (Å²) in [5.74, 6) is 0.0361. The zero-order chi connectivity index (χ0) is 10.9. The Balaban J connectivity index is 2.16. The highest BCUT2D eigenvalue weighted by atomic mass is 16.1. The van der Waals surface area contributed by atoms with Crippen molar-refractivity contribution in [2.45, 2.75) is 24.8 Å². The van der Waals surface area contributed by atoms with E-state index in [0.29, 0.717) is 6.42 Å². The molecule has 0 aliphatic heterocycles. The lowest BCUT2D eigenvalue weighted by atomic mass is 10.0. The van der Waals surface area contributed by atoms with Crippen molar-refractivity contribution in [3.63, 3.8) is 0 Å². The lowest BCUT2D eigenvalue weighted by Crippen LogP contribution is -2.21. The Morgan fingerprint density at radius 1 is 1.53 bits per heavy atom. The van der Waals surface area contributed by atoms with E-state index < -0.39 is 0 Å². The second-order valence-electron chi connectivity index (χ2n) is 4.21. The number of rotatable bonds is 3. The zero-order valence-electron chi connectivity index (χ0n) is 8.92. The van der Waals surface area contributed by atoms with Crippen LogP contribution in [0.25, 0.3) is 0 Å². The number of hydrogen-bond acceptors (Lipinski definition) is 2. The van der Waals surface area contributed by atoms with Crippen LogP contribution < -0.4 is 11.1 Å². The first-order chi connectivity index (χ1) is 7.14. The largest absolute Gasteiger partial charge is 0.359 e. The van der Waals surface area contributed by atoms with Crippen LogP contribution in [0.3, 0.4) is 0 Å². The Labute approximate surface area is 89.7 Å². The molecule has 3 N–H and O–H groups in total. The summed E-state index contributed by atoms with van der Waals surface area (Å²) in [6.45, 7) is 0. The van der Waals surface area contributed by atoms with Crippen LogP contribution in [-0.2, 0) is 16.8 Å². The van der Waals surface area contributed by atoms with Crippen molar-refractivity contribution in [2.24, 2.45) is 5.73 Å². The van der Waals surface area contributed by atoms with Gasteiger partial charge in [-0.05, 0) is 24.0 Å². The van der Waals surface area contributed by atoms with Crippen LogP contribution in [-0.4, -0.2) is 13.0 Å². The summed E-state index contributed by atoms with van der Waals surface area (Å²) in [5.41, 5.74) is 8.17. The molecule has 0 spiro atoms. The number of nitrogens with one attached hydrogen (secondary N) is 1. The molecule has 0 bridgehead atoms. The first kappa shape index (κ1) is 10.2. The molecule has 3 heteroatoms. The van der Waals surface area contributed by atoms with E-state index in [2.05, 4.69) is 5.32 Å². The van der Waals surface area contributed by atoms with Gasteiger partial charge in [-0.15, -0.1) is 0 Å². The molecule has 1 aliphatic rings. The quantitative estimate of drug-likeness (QED) is 0.769. The molecular weight excluding hydrogens is 188 g/mol. The van der Waals surface area contributed by atoms with E-state index in [0.717, 1.165) is 24.0 Å². The minimum Gasteiger partial charge on any atom is -0.359 e. The van der Waals surface area contributed by atoms with Crippen molar-refractivity contribution >= 4 is 5.91 Å². The standard InChI is InChI=1S/C12H16N2O/c1-14-11(15)8-9-3-2-4-10(7-9)12(13)5-6-12/h2-4,7H,5-6,8,13H2,1H3,(H,14,15). The van der Waals surface area contributed by atoms with E-state index >= 15 is 0 Å². The molecule has 1 aliphatic carbocycles. The van der Waals surface area contributed by atoms with Crippen molar-refractivity contribution in [1.82, 2.24) is 5.32 Å². The Hall–Kier alpha value is -1.35. The number of carbonyl (C=O) groups excluding carboxylic acids is 1. The van der Waals surface area contributed by atoms with Gasteiger partial charge in [0.1, 0.15) is 0 Å². The fourth-order valence-corrected chi connectivity index (χ4v) is 1.69. The van der Waals surface area contributed by atoms with Crippen LogP contribution in [0, 0.1) is 0 Å². The lowest BCUT2D eigenvalue weighted by Gasteiger charge is -2.10. The van der Waals surface area contributed by atoms with Crippen LogP contribution in [0.15, 0.2) is 24.3 Å². The van der Waals surface area contributed by atoms with Crippen molar-refractivity contribution in [3.05, 3.63) is 35.4 Å². The van der Waals surface area contributed by atoms with Gasteiger partial charge in [0.05, 0.1) is 6.42 Å².